The maximum atomic E-state index is 5.55. The van der Waals surface area contributed by atoms with Crippen molar-refractivity contribution in [1.29, 1.82) is 0 Å². The number of nitrogens with one attached hydrogen (secondary N) is 2. The van der Waals surface area contributed by atoms with Crippen LogP contribution in [0.4, 0.5) is 0 Å². The van der Waals surface area contributed by atoms with Gasteiger partial charge in [0.15, 0.2) is 5.96 Å². The normalized spacial score (nSPS) is 16.0. The van der Waals surface area contributed by atoms with Gasteiger partial charge in [-0.15, -0.1) is 0 Å². The van der Waals surface area contributed by atoms with E-state index < -0.39 is 0 Å². The fourth-order valence-electron chi connectivity index (χ4n) is 3.69. The van der Waals surface area contributed by atoms with Gasteiger partial charge >= 0.3 is 0 Å². The number of benzene rings is 2. The lowest BCUT2D eigenvalue weighted by molar-refractivity contribution is 0.0170. The first kappa shape index (κ1) is 23.1. The number of ether oxygens (including phenoxy) is 3. The maximum Gasteiger partial charge on any atom is 0.191 e. The molecule has 1 fully saturated rings. The van der Waals surface area contributed by atoms with E-state index in [0.717, 1.165) is 44.6 Å². The van der Waals surface area contributed by atoms with Gasteiger partial charge in [0, 0.05) is 40.3 Å². The zero-order valence-electron chi connectivity index (χ0n) is 18.8. The zero-order chi connectivity index (χ0) is 21.9. The summed E-state index contributed by atoms with van der Waals surface area (Å²) in [6.45, 7) is 5.44. The standard InChI is InChI=1S/C24H34N4O3/c1-25-24(26-16-19-4-6-20(7-5-19)18-29-2)27-17-23(28-12-14-31-15-13-28)21-8-10-22(30-3)11-9-21/h4-11,23H,12-18H2,1-3H3,(H2,25,26,27). The fourth-order valence-corrected chi connectivity index (χ4v) is 3.69. The summed E-state index contributed by atoms with van der Waals surface area (Å²) >= 11 is 0. The Morgan fingerprint density at radius 3 is 2.29 bits per heavy atom. The van der Waals surface area contributed by atoms with E-state index in [1.54, 1.807) is 21.3 Å². The van der Waals surface area contributed by atoms with Crippen LogP contribution in [0.25, 0.3) is 0 Å². The molecule has 0 radical (unpaired) electrons. The molecule has 168 valence electrons. The van der Waals surface area contributed by atoms with Gasteiger partial charge in [-0.3, -0.25) is 9.89 Å². The van der Waals surface area contributed by atoms with Crippen LogP contribution in [0.5, 0.6) is 5.75 Å². The van der Waals surface area contributed by atoms with Gasteiger partial charge in [0.2, 0.25) is 0 Å². The molecule has 0 aromatic heterocycles. The number of nitrogens with zero attached hydrogens (tertiary/aromatic N) is 2. The van der Waals surface area contributed by atoms with Crippen molar-refractivity contribution in [2.75, 3.05) is 54.1 Å². The molecule has 7 nitrogen and oxygen atoms in total. The Labute approximate surface area is 185 Å². The lowest BCUT2D eigenvalue weighted by Gasteiger charge is -2.35. The summed E-state index contributed by atoms with van der Waals surface area (Å²) in [4.78, 5) is 6.86. The maximum absolute atomic E-state index is 5.55. The molecule has 7 heteroatoms. The SMILES string of the molecule is CN=C(NCc1ccc(COC)cc1)NCC(c1ccc(OC)cc1)N1CCOCC1. The fraction of sp³-hybridized carbons (Fsp3) is 0.458. The van der Waals surface area contributed by atoms with Crippen molar-refractivity contribution in [3.8, 4) is 5.75 Å². The number of morpholine rings is 1. The van der Waals surface area contributed by atoms with E-state index in [1.807, 2.05) is 12.1 Å². The Hall–Kier alpha value is -2.61. The summed E-state index contributed by atoms with van der Waals surface area (Å²) in [5.41, 5.74) is 3.61. The predicted octanol–water partition coefficient (Wildman–Crippen LogP) is 2.58. The highest BCUT2D eigenvalue weighted by Gasteiger charge is 2.23. The van der Waals surface area contributed by atoms with Crippen molar-refractivity contribution < 1.29 is 14.2 Å². The molecule has 1 atom stereocenters. The van der Waals surface area contributed by atoms with Gasteiger partial charge in [-0.2, -0.15) is 0 Å². The third kappa shape index (κ3) is 6.95. The molecule has 1 aliphatic heterocycles. The lowest BCUT2D eigenvalue weighted by Crippen LogP contribution is -2.46. The van der Waals surface area contributed by atoms with Gasteiger partial charge in [0.1, 0.15) is 5.75 Å². The van der Waals surface area contributed by atoms with E-state index in [-0.39, 0.29) is 6.04 Å². The van der Waals surface area contributed by atoms with Gasteiger partial charge in [0.05, 0.1) is 33.0 Å². The lowest BCUT2D eigenvalue weighted by atomic mass is 10.0. The molecule has 0 aliphatic carbocycles. The van der Waals surface area contributed by atoms with E-state index in [0.29, 0.717) is 13.2 Å². The minimum Gasteiger partial charge on any atom is -0.497 e. The molecular formula is C24H34N4O3. The molecule has 0 spiro atoms. The second-order valence-electron chi connectivity index (χ2n) is 7.49. The summed E-state index contributed by atoms with van der Waals surface area (Å²) < 4.78 is 16.0. The molecule has 1 aliphatic rings. The summed E-state index contributed by atoms with van der Waals surface area (Å²) in [5.74, 6) is 1.65. The first-order valence-electron chi connectivity index (χ1n) is 10.7. The van der Waals surface area contributed by atoms with Crippen molar-refractivity contribution >= 4 is 5.96 Å². The molecule has 31 heavy (non-hydrogen) atoms. The minimum atomic E-state index is 0.224. The Morgan fingerprint density at radius 1 is 1.00 bits per heavy atom. The van der Waals surface area contributed by atoms with Crippen LogP contribution >= 0.6 is 0 Å². The largest absolute Gasteiger partial charge is 0.497 e. The molecule has 2 N–H and O–H groups in total. The molecule has 0 saturated carbocycles. The first-order valence-corrected chi connectivity index (χ1v) is 10.7. The molecule has 0 amide bonds. The van der Waals surface area contributed by atoms with Crippen LogP contribution in [0.1, 0.15) is 22.7 Å². The van der Waals surface area contributed by atoms with Crippen LogP contribution in [0.3, 0.4) is 0 Å². The van der Waals surface area contributed by atoms with Gasteiger partial charge in [-0.25, -0.2) is 0 Å². The monoisotopic (exact) mass is 426 g/mol. The second-order valence-corrected chi connectivity index (χ2v) is 7.49. The highest BCUT2D eigenvalue weighted by molar-refractivity contribution is 5.79. The average Bonchev–Trinajstić information content (AvgIpc) is 2.83. The van der Waals surface area contributed by atoms with Crippen LogP contribution in [0, 0.1) is 0 Å². The summed E-state index contributed by atoms with van der Waals surface area (Å²) in [5, 5.41) is 6.91. The zero-order valence-corrected chi connectivity index (χ0v) is 18.8. The molecule has 1 heterocycles. The van der Waals surface area contributed by atoms with Gasteiger partial charge in [0.25, 0.3) is 0 Å². The van der Waals surface area contributed by atoms with Crippen LogP contribution in [-0.2, 0) is 22.6 Å². The number of guanidine groups is 1. The topological polar surface area (TPSA) is 67.4 Å². The smallest absolute Gasteiger partial charge is 0.191 e. The Balaban J connectivity index is 1.60. The van der Waals surface area contributed by atoms with E-state index in [9.17, 15) is 0 Å². The molecule has 2 aromatic rings. The number of hydrogen-bond donors (Lipinski definition) is 2. The van der Waals surface area contributed by atoms with Crippen molar-refractivity contribution in [2.24, 2.45) is 4.99 Å². The van der Waals surface area contributed by atoms with E-state index in [4.69, 9.17) is 14.2 Å². The molecule has 0 bridgehead atoms. The second kappa shape index (κ2) is 12.3. The van der Waals surface area contributed by atoms with Crippen LogP contribution in [-0.4, -0.2) is 65.0 Å². The average molecular weight is 427 g/mol. The van der Waals surface area contributed by atoms with Crippen molar-refractivity contribution in [3.05, 3.63) is 65.2 Å². The van der Waals surface area contributed by atoms with Crippen molar-refractivity contribution in [1.82, 2.24) is 15.5 Å². The minimum absolute atomic E-state index is 0.224. The first-order chi connectivity index (χ1) is 15.2. The van der Waals surface area contributed by atoms with Gasteiger partial charge in [-0.1, -0.05) is 36.4 Å². The van der Waals surface area contributed by atoms with Crippen molar-refractivity contribution in [2.45, 2.75) is 19.2 Å². The number of rotatable bonds is 9. The summed E-state index contributed by atoms with van der Waals surface area (Å²) in [6, 6.07) is 16.9. The number of aliphatic imine (C=N–C) groups is 1. The third-order valence-corrected chi connectivity index (χ3v) is 5.47. The molecule has 3 rings (SSSR count). The van der Waals surface area contributed by atoms with E-state index in [2.05, 4.69) is 56.9 Å². The Bertz CT molecular complexity index is 803. The van der Waals surface area contributed by atoms with Crippen LogP contribution < -0.4 is 15.4 Å². The van der Waals surface area contributed by atoms with Crippen molar-refractivity contribution in [3.63, 3.8) is 0 Å². The van der Waals surface area contributed by atoms with Gasteiger partial charge < -0.3 is 24.8 Å². The highest BCUT2D eigenvalue weighted by Crippen LogP contribution is 2.23. The Kier molecular flexibility index (Phi) is 9.15. The highest BCUT2D eigenvalue weighted by atomic mass is 16.5. The summed E-state index contributed by atoms with van der Waals surface area (Å²) in [6.07, 6.45) is 0. The van der Waals surface area contributed by atoms with E-state index in [1.165, 1.54) is 16.7 Å². The molecule has 1 unspecified atom stereocenters. The van der Waals surface area contributed by atoms with Crippen LogP contribution in [0.15, 0.2) is 53.5 Å². The molecule has 2 aromatic carbocycles. The van der Waals surface area contributed by atoms with Crippen LogP contribution in [0.2, 0.25) is 0 Å². The number of hydrogen-bond acceptors (Lipinski definition) is 5. The molecular weight excluding hydrogens is 392 g/mol. The van der Waals surface area contributed by atoms with Gasteiger partial charge in [-0.05, 0) is 28.8 Å². The predicted molar refractivity (Wildman–Crippen MR) is 123 cm³/mol. The number of methoxy groups -OCH3 is 2. The quantitative estimate of drug-likeness (QED) is 0.475. The van der Waals surface area contributed by atoms with E-state index >= 15 is 0 Å². The Morgan fingerprint density at radius 2 is 1.68 bits per heavy atom. The summed E-state index contributed by atoms with van der Waals surface area (Å²) in [7, 11) is 5.20. The molecule has 1 saturated heterocycles. The third-order valence-electron chi connectivity index (χ3n) is 5.47.